The number of hydrogen-bond donors (Lipinski definition) is 1. The first-order valence-corrected chi connectivity index (χ1v) is 7.28. The summed E-state index contributed by atoms with van der Waals surface area (Å²) in [5, 5.41) is 6.92. The summed E-state index contributed by atoms with van der Waals surface area (Å²) < 4.78 is 0. The summed E-state index contributed by atoms with van der Waals surface area (Å²) in [6.45, 7) is 6.48. The van der Waals surface area contributed by atoms with Gasteiger partial charge in [0.05, 0.1) is 10.7 Å². The normalized spacial score (nSPS) is 15.9. The molecular formula is C13H22N2S. The van der Waals surface area contributed by atoms with E-state index in [-0.39, 0.29) is 0 Å². The van der Waals surface area contributed by atoms with Gasteiger partial charge in [0.1, 0.15) is 0 Å². The lowest BCUT2D eigenvalue weighted by molar-refractivity contribution is 0.589. The fraction of sp³-hybridized carbons (Fsp3) is 0.769. The molecule has 0 aliphatic heterocycles. The molecule has 0 bridgehead atoms. The van der Waals surface area contributed by atoms with Gasteiger partial charge < -0.3 is 5.32 Å². The van der Waals surface area contributed by atoms with Crippen molar-refractivity contribution in [2.45, 2.75) is 52.0 Å². The molecule has 1 N–H and O–H groups in total. The number of nitrogens with zero attached hydrogens (tertiary/aromatic N) is 1. The molecule has 1 fully saturated rings. The van der Waals surface area contributed by atoms with Crippen LogP contribution in [0.25, 0.3) is 0 Å². The Balaban J connectivity index is 1.60. The largest absolute Gasteiger partial charge is 0.311 e. The van der Waals surface area contributed by atoms with Gasteiger partial charge in [-0.25, -0.2) is 4.98 Å². The number of hydrogen-bond acceptors (Lipinski definition) is 3. The van der Waals surface area contributed by atoms with Crippen LogP contribution in [-0.4, -0.2) is 11.5 Å². The van der Waals surface area contributed by atoms with Crippen molar-refractivity contribution in [3.05, 3.63) is 16.1 Å². The second kappa shape index (κ2) is 5.78. The lowest BCUT2D eigenvalue weighted by atomic mass is 10.2. The van der Waals surface area contributed by atoms with E-state index in [2.05, 4.69) is 29.5 Å². The van der Waals surface area contributed by atoms with Gasteiger partial charge in [0.2, 0.25) is 0 Å². The van der Waals surface area contributed by atoms with E-state index in [1.54, 1.807) is 11.3 Å². The Morgan fingerprint density at radius 2 is 2.31 bits per heavy atom. The molecule has 1 aromatic rings. The van der Waals surface area contributed by atoms with Crippen molar-refractivity contribution in [2.24, 2.45) is 5.92 Å². The summed E-state index contributed by atoms with van der Waals surface area (Å²) >= 11 is 1.79. The van der Waals surface area contributed by atoms with Crippen LogP contribution >= 0.6 is 11.3 Å². The van der Waals surface area contributed by atoms with Crippen LogP contribution in [-0.2, 0) is 6.54 Å². The van der Waals surface area contributed by atoms with Gasteiger partial charge in [-0.2, -0.15) is 0 Å². The number of thiazole rings is 1. The first kappa shape index (κ1) is 12.1. The van der Waals surface area contributed by atoms with E-state index in [0.29, 0.717) is 5.92 Å². The highest BCUT2D eigenvalue weighted by Gasteiger charge is 2.19. The highest BCUT2D eigenvalue weighted by atomic mass is 32.1. The highest BCUT2D eigenvalue weighted by molar-refractivity contribution is 7.09. The van der Waals surface area contributed by atoms with Crippen LogP contribution in [0.3, 0.4) is 0 Å². The van der Waals surface area contributed by atoms with Crippen molar-refractivity contribution in [1.82, 2.24) is 10.3 Å². The standard InChI is InChI=1S/C13H22N2S/c1-10(2)13-15-12(9-16-13)8-14-7-3-4-11-5-6-11/h9-11,14H,3-8H2,1-2H3. The molecule has 0 aromatic carbocycles. The van der Waals surface area contributed by atoms with Gasteiger partial charge in [-0.1, -0.05) is 26.7 Å². The Kier molecular flexibility index (Phi) is 4.36. The van der Waals surface area contributed by atoms with Gasteiger partial charge in [0.25, 0.3) is 0 Å². The minimum atomic E-state index is 0.564. The molecule has 1 aliphatic rings. The van der Waals surface area contributed by atoms with Crippen molar-refractivity contribution in [2.75, 3.05) is 6.54 Å². The predicted octanol–water partition coefficient (Wildman–Crippen LogP) is 3.55. The Bertz CT molecular complexity index is 315. The summed E-state index contributed by atoms with van der Waals surface area (Å²) in [6.07, 6.45) is 5.70. The summed E-state index contributed by atoms with van der Waals surface area (Å²) in [6, 6.07) is 0. The van der Waals surface area contributed by atoms with Gasteiger partial charge in [0, 0.05) is 17.8 Å². The lowest BCUT2D eigenvalue weighted by Gasteiger charge is -2.02. The quantitative estimate of drug-likeness (QED) is 0.735. The average molecular weight is 238 g/mol. The number of rotatable bonds is 7. The van der Waals surface area contributed by atoms with Crippen LogP contribution in [0.1, 0.15) is 56.2 Å². The van der Waals surface area contributed by atoms with E-state index < -0.39 is 0 Å². The van der Waals surface area contributed by atoms with E-state index >= 15 is 0 Å². The molecule has 1 saturated carbocycles. The van der Waals surface area contributed by atoms with Crippen LogP contribution < -0.4 is 5.32 Å². The zero-order valence-corrected chi connectivity index (χ0v) is 11.1. The number of nitrogens with one attached hydrogen (secondary N) is 1. The van der Waals surface area contributed by atoms with Crippen molar-refractivity contribution < 1.29 is 0 Å². The monoisotopic (exact) mass is 238 g/mol. The van der Waals surface area contributed by atoms with Gasteiger partial charge >= 0.3 is 0 Å². The van der Waals surface area contributed by atoms with Gasteiger partial charge in [0.15, 0.2) is 0 Å². The molecule has 1 heterocycles. The molecule has 0 saturated heterocycles. The van der Waals surface area contributed by atoms with Gasteiger partial charge in [-0.3, -0.25) is 0 Å². The number of aromatic nitrogens is 1. The Morgan fingerprint density at radius 1 is 1.50 bits per heavy atom. The molecule has 90 valence electrons. The molecule has 2 rings (SSSR count). The maximum Gasteiger partial charge on any atom is 0.0954 e. The molecule has 0 amide bonds. The topological polar surface area (TPSA) is 24.9 Å². The smallest absolute Gasteiger partial charge is 0.0954 e. The molecule has 3 heteroatoms. The third-order valence-corrected chi connectivity index (χ3v) is 4.23. The van der Waals surface area contributed by atoms with Crippen LogP contribution in [0.4, 0.5) is 0 Å². The minimum absolute atomic E-state index is 0.564. The Labute approximate surface area is 102 Å². The van der Waals surface area contributed by atoms with Crippen LogP contribution in [0, 0.1) is 5.92 Å². The molecular weight excluding hydrogens is 216 g/mol. The molecule has 16 heavy (non-hydrogen) atoms. The fourth-order valence-corrected chi connectivity index (χ4v) is 2.64. The van der Waals surface area contributed by atoms with E-state index in [1.165, 1.54) is 36.4 Å². The SMILES string of the molecule is CC(C)c1nc(CNCCCC2CC2)cs1. The molecule has 1 aromatic heterocycles. The zero-order valence-electron chi connectivity index (χ0n) is 10.3. The minimum Gasteiger partial charge on any atom is -0.311 e. The molecule has 1 aliphatic carbocycles. The summed E-state index contributed by atoms with van der Waals surface area (Å²) in [4.78, 5) is 4.61. The van der Waals surface area contributed by atoms with Gasteiger partial charge in [-0.05, 0) is 25.3 Å². The molecule has 0 spiro atoms. The van der Waals surface area contributed by atoms with Crippen LogP contribution in [0.15, 0.2) is 5.38 Å². The second-order valence-corrected chi connectivity index (χ2v) is 5.98. The molecule has 0 unspecified atom stereocenters. The lowest BCUT2D eigenvalue weighted by Crippen LogP contribution is -2.15. The van der Waals surface area contributed by atoms with E-state index in [9.17, 15) is 0 Å². The van der Waals surface area contributed by atoms with Crippen molar-refractivity contribution in [3.63, 3.8) is 0 Å². The van der Waals surface area contributed by atoms with E-state index in [1.807, 2.05) is 0 Å². The second-order valence-electron chi connectivity index (χ2n) is 5.09. The maximum atomic E-state index is 4.61. The molecule has 2 nitrogen and oxygen atoms in total. The maximum absolute atomic E-state index is 4.61. The Morgan fingerprint density at radius 3 is 2.94 bits per heavy atom. The zero-order chi connectivity index (χ0) is 11.4. The summed E-state index contributed by atoms with van der Waals surface area (Å²) in [5.74, 6) is 1.63. The summed E-state index contributed by atoms with van der Waals surface area (Å²) in [7, 11) is 0. The van der Waals surface area contributed by atoms with Crippen LogP contribution in [0.5, 0.6) is 0 Å². The molecule has 0 atom stereocenters. The molecule has 0 radical (unpaired) electrons. The highest BCUT2D eigenvalue weighted by Crippen LogP contribution is 2.33. The third-order valence-electron chi connectivity index (χ3n) is 3.03. The Hall–Kier alpha value is -0.410. The van der Waals surface area contributed by atoms with Crippen molar-refractivity contribution >= 4 is 11.3 Å². The van der Waals surface area contributed by atoms with Crippen molar-refractivity contribution in [3.8, 4) is 0 Å². The first-order valence-electron chi connectivity index (χ1n) is 6.40. The average Bonchev–Trinajstić information content (AvgIpc) is 2.94. The third kappa shape index (κ3) is 3.87. The first-order chi connectivity index (χ1) is 7.75. The van der Waals surface area contributed by atoms with Crippen LogP contribution in [0.2, 0.25) is 0 Å². The fourth-order valence-electron chi connectivity index (χ4n) is 1.81. The van der Waals surface area contributed by atoms with E-state index in [4.69, 9.17) is 0 Å². The van der Waals surface area contributed by atoms with E-state index in [0.717, 1.165) is 19.0 Å². The predicted molar refractivity (Wildman–Crippen MR) is 69.9 cm³/mol. The van der Waals surface area contributed by atoms with Gasteiger partial charge in [-0.15, -0.1) is 11.3 Å². The summed E-state index contributed by atoms with van der Waals surface area (Å²) in [5.41, 5.74) is 1.21. The van der Waals surface area contributed by atoms with Crippen molar-refractivity contribution in [1.29, 1.82) is 0 Å².